The lowest BCUT2D eigenvalue weighted by molar-refractivity contribution is 0.548. The molecular weight excluding hydrogens is 343 g/mol. The summed E-state index contributed by atoms with van der Waals surface area (Å²) in [5.74, 6) is 0. The summed E-state index contributed by atoms with van der Waals surface area (Å²) in [6.07, 6.45) is 35.5. The molecule has 0 heterocycles. The van der Waals surface area contributed by atoms with Crippen LogP contribution in [0.4, 0.5) is 0 Å². The van der Waals surface area contributed by atoms with Crippen LogP contribution in [0.25, 0.3) is 0 Å². The second-order valence-electron chi connectivity index (χ2n) is 8.82. The first-order valence-electron chi connectivity index (χ1n) is 13.1. The largest absolute Gasteiger partial charge is 0.122 e. The minimum absolute atomic E-state index is 1.26. The molecule has 0 radical (unpaired) electrons. The van der Waals surface area contributed by atoms with E-state index in [1.54, 1.807) is 0 Å². The van der Waals surface area contributed by atoms with Crippen LogP contribution in [0.2, 0.25) is 0 Å². The van der Waals surface area contributed by atoms with Crippen molar-refractivity contribution in [3.05, 3.63) is 0 Å². The first-order valence-corrected chi connectivity index (χ1v) is 14.5. The van der Waals surface area contributed by atoms with Gasteiger partial charge in [0.1, 0.15) is 0 Å². The van der Waals surface area contributed by atoms with Crippen LogP contribution in [0, 0.1) is 0 Å². The van der Waals surface area contributed by atoms with Gasteiger partial charge in [-0.25, -0.2) is 0 Å². The summed E-state index contributed by atoms with van der Waals surface area (Å²) in [7, 11) is 1.26. The van der Waals surface area contributed by atoms with Gasteiger partial charge < -0.3 is 0 Å². The Morgan fingerprint density at radius 3 is 0.778 bits per heavy atom. The highest BCUT2D eigenvalue weighted by Crippen LogP contribution is 2.19. The molecule has 1 atom stereocenters. The van der Waals surface area contributed by atoms with Crippen LogP contribution in [0.5, 0.6) is 0 Å². The maximum atomic E-state index is 2.30. The lowest BCUT2D eigenvalue weighted by atomic mass is 10.1. The Kier molecular flexibility index (Phi) is 26.9. The first kappa shape index (κ1) is 27.4. The Bertz CT molecular complexity index is 214. The van der Waals surface area contributed by atoms with E-state index in [4.69, 9.17) is 0 Å². The number of rotatable bonds is 24. The molecule has 0 amide bonds. The minimum Gasteiger partial charge on any atom is -0.122 e. The first-order chi connectivity index (χ1) is 13.4. The summed E-state index contributed by atoms with van der Waals surface area (Å²) in [5.41, 5.74) is 0. The Balaban J connectivity index is 2.95. The molecule has 0 saturated heterocycles. The normalized spacial score (nSPS) is 11.8. The lowest BCUT2D eigenvalue weighted by Gasteiger charge is -2.04. The highest BCUT2D eigenvalue weighted by Gasteiger charge is 1.95. The number of hydrogen-bond donors (Lipinski definition) is 0. The van der Waals surface area contributed by atoms with Gasteiger partial charge in [0.15, 0.2) is 0 Å². The van der Waals surface area contributed by atoms with E-state index >= 15 is 0 Å². The van der Waals surface area contributed by atoms with E-state index in [1.165, 1.54) is 162 Å². The van der Waals surface area contributed by atoms with Crippen molar-refractivity contribution in [3.63, 3.8) is 0 Å². The van der Waals surface area contributed by atoms with E-state index in [-0.39, 0.29) is 0 Å². The van der Waals surface area contributed by atoms with Crippen molar-refractivity contribution in [1.29, 1.82) is 0 Å². The van der Waals surface area contributed by atoms with Crippen LogP contribution in [-0.4, -0.2) is 12.3 Å². The Labute approximate surface area is 176 Å². The summed E-state index contributed by atoms with van der Waals surface area (Å²) in [6, 6.07) is 0. The molecule has 0 nitrogen and oxygen atoms in total. The molecule has 1 heteroatoms. The van der Waals surface area contributed by atoms with E-state index < -0.39 is 0 Å². The van der Waals surface area contributed by atoms with E-state index in [0.29, 0.717) is 0 Å². The smallest absolute Gasteiger partial charge is 0.0353 e. The highest BCUT2D eigenvalue weighted by molar-refractivity contribution is 7.37. The van der Waals surface area contributed by atoms with Crippen molar-refractivity contribution >= 4 is 8.58 Å². The molecule has 0 aliphatic heterocycles. The van der Waals surface area contributed by atoms with Crippen molar-refractivity contribution in [2.45, 2.75) is 155 Å². The molecule has 0 rings (SSSR count). The van der Waals surface area contributed by atoms with Gasteiger partial charge in [-0.15, -0.1) is 8.58 Å². The van der Waals surface area contributed by atoms with Crippen LogP contribution in [0.1, 0.15) is 155 Å². The molecule has 0 saturated carbocycles. The average molecular weight is 399 g/mol. The molecule has 0 aliphatic carbocycles. The van der Waals surface area contributed by atoms with Crippen molar-refractivity contribution in [3.8, 4) is 0 Å². The predicted molar refractivity (Wildman–Crippen MR) is 131 cm³/mol. The van der Waals surface area contributed by atoms with Crippen LogP contribution in [0.15, 0.2) is 0 Å². The van der Waals surface area contributed by atoms with Crippen molar-refractivity contribution in [1.82, 2.24) is 0 Å². The van der Waals surface area contributed by atoms with E-state index in [1.807, 2.05) is 0 Å². The zero-order valence-electron chi connectivity index (χ0n) is 19.5. The summed E-state index contributed by atoms with van der Waals surface area (Å²) in [5, 5.41) is 0. The van der Waals surface area contributed by atoms with Crippen molar-refractivity contribution in [2.75, 3.05) is 12.3 Å². The summed E-state index contributed by atoms with van der Waals surface area (Å²) >= 11 is 0. The molecule has 0 N–H and O–H groups in total. The van der Waals surface area contributed by atoms with Crippen LogP contribution in [-0.2, 0) is 0 Å². The van der Waals surface area contributed by atoms with Gasteiger partial charge in [-0.3, -0.25) is 0 Å². The molecule has 0 aromatic rings. The molecule has 164 valence electrons. The van der Waals surface area contributed by atoms with Gasteiger partial charge >= 0.3 is 0 Å². The summed E-state index contributed by atoms with van der Waals surface area (Å²) < 4.78 is 0. The van der Waals surface area contributed by atoms with Gasteiger partial charge in [0, 0.05) is 0 Å². The molecule has 0 spiro atoms. The van der Waals surface area contributed by atoms with Crippen molar-refractivity contribution in [2.24, 2.45) is 0 Å². The third kappa shape index (κ3) is 26.4. The molecule has 27 heavy (non-hydrogen) atoms. The number of unbranched alkanes of at least 4 members (excludes halogenated alkanes) is 20. The van der Waals surface area contributed by atoms with Gasteiger partial charge in [0.25, 0.3) is 0 Å². The standard InChI is InChI=1S/C26H55P/c1-3-5-7-9-11-13-15-16-18-20-22-24-26-27-25-23-21-19-17-14-12-10-8-6-4-2/h27H,3-26H2,1-2H3. The fraction of sp³-hybridized carbons (Fsp3) is 1.00. The predicted octanol–water partition coefficient (Wildman–Crippen LogP) is 10.3. The molecule has 0 fully saturated rings. The third-order valence-electron chi connectivity index (χ3n) is 5.91. The van der Waals surface area contributed by atoms with Crippen LogP contribution in [0.3, 0.4) is 0 Å². The summed E-state index contributed by atoms with van der Waals surface area (Å²) in [6.45, 7) is 4.61. The molecule has 1 unspecified atom stereocenters. The quantitative estimate of drug-likeness (QED) is 0.112. The second kappa shape index (κ2) is 26.4. The third-order valence-corrected chi connectivity index (χ3v) is 7.33. The van der Waals surface area contributed by atoms with E-state index in [9.17, 15) is 0 Å². The maximum Gasteiger partial charge on any atom is -0.0353 e. The number of hydrogen-bond acceptors (Lipinski definition) is 0. The van der Waals surface area contributed by atoms with Crippen molar-refractivity contribution < 1.29 is 0 Å². The average Bonchev–Trinajstić information content (AvgIpc) is 2.68. The fourth-order valence-electron chi connectivity index (χ4n) is 3.95. The van der Waals surface area contributed by atoms with Gasteiger partial charge in [-0.1, -0.05) is 142 Å². The Hall–Kier alpha value is 0.430. The molecule has 0 aliphatic rings. The Morgan fingerprint density at radius 2 is 0.519 bits per heavy atom. The lowest BCUT2D eigenvalue weighted by Crippen LogP contribution is -1.86. The second-order valence-corrected chi connectivity index (χ2v) is 10.3. The van der Waals surface area contributed by atoms with Gasteiger partial charge in [0.05, 0.1) is 0 Å². The SMILES string of the molecule is CCCCCCCCCCCCCCPCCCCCCCCCCCC. The van der Waals surface area contributed by atoms with Crippen LogP contribution < -0.4 is 0 Å². The molecule has 0 aromatic carbocycles. The molecular formula is C26H55P. The molecule has 0 aromatic heterocycles. The zero-order valence-corrected chi connectivity index (χ0v) is 20.5. The monoisotopic (exact) mass is 398 g/mol. The Morgan fingerprint density at radius 1 is 0.296 bits per heavy atom. The van der Waals surface area contributed by atoms with E-state index in [0.717, 1.165) is 0 Å². The zero-order chi connectivity index (χ0) is 19.7. The maximum absolute atomic E-state index is 2.30. The van der Waals surface area contributed by atoms with Gasteiger partial charge in [-0.05, 0) is 25.2 Å². The fourth-order valence-corrected chi connectivity index (χ4v) is 5.20. The van der Waals surface area contributed by atoms with E-state index in [2.05, 4.69) is 13.8 Å². The van der Waals surface area contributed by atoms with Crippen LogP contribution >= 0.6 is 8.58 Å². The van der Waals surface area contributed by atoms with Gasteiger partial charge in [0.2, 0.25) is 0 Å². The molecule has 0 bridgehead atoms. The topological polar surface area (TPSA) is 0 Å². The van der Waals surface area contributed by atoms with Gasteiger partial charge in [-0.2, -0.15) is 0 Å². The summed E-state index contributed by atoms with van der Waals surface area (Å²) in [4.78, 5) is 0. The minimum atomic E-state index is 1.26. The highest BCUT2D eigenvalue weighted by atomic mass is 31.1.